The van der Waals surface area contributed by atoms with E-state index in [0.29, 0.717) is 17.2 Å². The summed E-state index contributed by atoms with van der Waals surface area (Å²) in [4.78, 5) is 0. The minimum Gasteiger partial charge on any atom is -0.507 e. The fraction of sp³-hybridized carbons (Fsp3) is 0.308. The molecule has 0 radical (unpaired) electrons. The number of aryl methyl sites for hydroxylation is 4. The van der Waals surface area contributed by atoms with E-state index in [1.807, 2.05) is 85.7 Å². The van der Waals surface area contributed by atoms with E-state index in [2.05, 4.69) is 0 Å². The molecule has 3 aromatic carbocycles. The van der Waals surface area contributed by atoms with Gasteiger partial charge in [-0.3, -0.25) is 0 Å². The third-order valence-corrected chi connectivity index (χ3v) is 5.84. The Balaban J connectivity index is 0.000000278. The Bertz CT molecular complexity index is 981. The smallest absolute Gasteiger partial charge is 0.121 e. The molecule has 0 aliphatic rings. The minimum absolute atomic E-state index is 0.371. The van der Waals surface area contributed by atoms with Gasteiger partial charge in [0.1, 0.15) is 17.2 Å². The van der Waals surface area contributed by atoms with Crippen LogP contribution in [0.25, 0.3) is 11.1 Å². The molecule has 3 nitrogen and oxygen atoms in total. The number of phenolic OH excluding ortho intramolecular Hbond substituents is 3. The van der Waals surface area contributed by atoms with Gasteiger partial charge in [0.25, 0.3) is 0 Å². The van der Waals surface area contributed by atoms with Crippen LogP contribution in [0.5, 0.6) is 17.2 Å². The minimum atomic E-state index is 0.371. The van der Waals surface area contributed by atoms with E-state index in [-0.39, 0.29) is 0 Å². The van der Waals surface area contributed by atoms with Crippen LogP contribution in [0.2, 0.25) is 0 Å². The largest absolute Gasteiger partial charge is 0.507 e. The first-order chi connectivity index (χ1) is 13.5. The standard InChI is InChI=1S/C18H22O2.C8H10O/c1-9-7-15(11(3)13(5)17(9)19)16-8-10(2)18(20)14(6)12(16)4;1-6-4-3-5-7(2)8(6)9/h7-8,19-20H,1-6H3;3-5,9H,1-2H3. The van der Waals surface area contributed by atoms with E-state index >= 15 is 0 Å². The summed E-state index contributed by atoms with van der Waals surface area (Å²) in [6, 6.07) is 9.76. The van der Waals surface area contributed by atoms with Gasteiger partial charge in [0, 0.05) is 0 Å². The van der Waals surface area contributed by atoms with Crippen LogP contribution in [0.15, 0.2) is 30.3 Å². The second-order valence-electron chi connectivity index (χ2n) is 7.92. The molecule has 29 heavy (non-hydrogen) atoms. The summed E-state index contributed by atoms with van der Waals surface area (Å²) in [5, 5.41) is 29.3. The SMILES string of the molecule is Cc1cc(-c2cc(C)c(O)c(C)c2C)c(C)c(C)c1O.Cc1cccc(C)c1O. The van der Waals surface area contributed by atoms with Crippen molar-refractivity contribution in [3.63, 3.8) is 0 Å². The van der Waals surface area contributed by atoms with Crippen molar-refractivity contribution in [2.45, 2.75) is 55.4 Å². The summed E-state index contributed by atoms with van der Waals surface area (Å²) in [5.41, 5.74) is 9.90. The van der Waals surface area contributed by atoms with Crippen LogP contribution in [0, 0.1) is 55.4 Å². The van der Waals surface area contributed by atoms with Gasteiger partial charge in [0.2, 0.25) is 0 Å². The number of para-hydroxylation sites is 1. The van der Waals surface area contributed by atoms with Crippen molar-refractivity contribution in [2.24, 2.45) is 0 Å². The summed E-state index contributed by atoms with van der Waals surface area (Å²) in [6.07, 6.45) is 0. The van der Waals surface area contributed by atoms with E-state index < -0.39 is 0 Å². The number of phenols is 3. The van der Waals surface area contributed by atoms with Crippen molar-refractivity contribution in [3.05, 3.63) is 74.8 Å². The van der Waals surface area contributed by atoms with Gasteiger partial charge in [-0.2, -0.15) is 0 Å². The van der Waals surface area contributed by atoms with Crippen LogP contribution >= 0.6 is 0 Å². The van der Waals surface area contributed by atoms with Gasteiger partial charge < -0.3 is 15.3 Å². The predicted octanol–water partition coefficient (Wildman–Crippen LogP) is 6.62. The van der Waals surface area contributed by atoms with E-state index in [1.165, 1.54) is 0 Å². The molecule has 0 atom stereocenters. The van der Waals surface area contributed by atoms with Crippen molar-refractivity contribution in [3.8, 4) is 28.4 Å². The average Bonchev–Trinajstić information content (AvgIpc) is 2.69. The fourth-order valence-electron chi connectivity index (χ4n) is 3.50. The van der Waals surface area contributed by atoms with Crippen LogP contribution in [0.4, 0.5) is 0 Å². The maximum Gasteiger partial charge on any atom is 0.121 e. The lowest BCUT2D eigenvalue weighted by atomic mass is 9.88. The fourth-order valence-corrected chi connectivity index (χ4v) is 3.50. The van der Waals surface area contributed by atoms with Gasteiger partial charge in [0.05, 0.1) is 0 Å². The lowest BCUT2D eigenvalue weighted by Crippen LogP contribution is -1.96. The Kier molecular flexibility index (Phi) is 6.63. The molecule has 3 aromatic rings. The lowest BCUT2D eigenvalue weighted by Gasteiger charge is -2.18. The van der Waals surface area contributed by atoms with E-state index in [1.54, 1.807) is 0 Å². The molecule has 0 bridgehead atoms. The van der Waals surface area contributed by atoms with Gasteiger partial charge in [-0.1, -0.05) is 18.2 Å². The summed E-state index contributed by atoms with van der Waals surface area (Å²) >= 11 is 0. The zero-order valence-electron chi connectivity index (χ0n) is 18.7. The number of hydrogen-bond donors (Lipinski definition) is 3. The highest BCUT2D eigenvalue weighted by Crippen LogP contribution is 2.38. The van der Waals surface area contributed by atoms with Crippen LogP contribution in [-0.2, 0) is 0 Å². The van der Waals surface area contributed by atoms with Crippen molar-refractivity contribution in [2.75, 3.05) is 0 Å². The topological polar surface area (TPSA) is 60.7 Å². The molecule has 0 saturated carbocycles. The number of aromatic hydroxyl groups is 3. The molecule has 3 N–H and O–H groups in total. The quantitative estimate of drug-likeness (QED) is 0.436. The Morgan fingerprint density at radius 2 is 0.793 bits per heavy atom. The van der Waals surface area contributed by atoms with E-state index in [9.17, 15) is 15.3 Å². The summed E-state index contributed by atoms with van der Waals surface area (Å²) in [5.74, 6) is 1.16. The van der Waals surface area contributed by atoms with Crippen molar-refractivity contribution in [1.82, 2.24) is 0 Å². The van der Waals surface area contributed by atoms with E-state index in [4.69, 9.17) is 0 Å². The molecule has 0 aromatic heterocycles. The third kappa shape index (κ3) is 4.40. The molecule has 0 aliphatic carbocycles. The van der Waals surface area contributed by atoms with Gasteiger partial charge in [-0.25, -0.2) is 0 Å². The van der Waals surface area contributed by atoms with Gasteiger partial charge >= 0.3 is 0 Å². The highest BCUT2D eigenvalue weighted by molar-refractivity contribution is 5.76. The van der Waals surface area contributed by atoms with Crippen molar-refractivity contribution in [1.29, 1.82) is 0 Å². The molecular formula is C26H32O3. The van der Waals surface area contributed by atoms with Gasteiger partial charge in [-0.05, 0) is 123 Å². The second-order valence-corrected chi connectivity index (χ2v) is 7.92. The average molecular weight is 393 g/mol. The number of rotatable bonds is 1. The monoisotopic (exact) mass is 392 g/mol. The molecular weight excluding hydrogens is 360 g/mol. The normalized spacial score (nSPS) is 10.5. The number of benzene rings is 3. The van der Waals surface area contributed by atoms with Gasteiger partial charge in [-0.15, -0.1) is 0 Å². The van der Waals surface area contributed by atoms with E-state index in [0.717, 1.165) is 55.6 Å². The lowest BCUT2D eigenvalue weighted by molar-refractivity contribution is 0.465. The van der Waals surface area contributed by atoms with Crippen LogP contribution in [0.1, 0.15) is 44.5 Å². The molecule has 0 amide bonds. The molecule has 154 valence electrons. The molecule has 3 rings (SSSR count). The third-order valence-electron chi connectivity index (χ3n) is 5.84. The Hall–Kier alpha value is -2.94. The van der Waals surface area contributed by atoms with Crippen LogP contribution in [0.3, 0.4) is 0 Å². The molecule has 0 fully saturated rings. The molecule has 0 spiro atoms. The van der Waals surface area contributed by atoms with Gasteiger partial charge in [0.15, 0.2) is 0 Å². The Labute approximate surface area is 174 Å². The van der Waals surface area contributed by atoms with Crippen LogP contribution in [-0.4, -0.2) is 15.3 Å². The zero-order chi connectivity index (χ0) is 22.0. The first-order valence-corrected chi connectivity index (χ1v) is 9.82. The maximum absolute atomic E-state index is 10.0. The molecule has 0 heterocycles. The first kappa shape index (κ1) is 22.4. The zero-order valence-corrected chi connectivity index (χ0v) is 18.7. The first-order valence-electron chi connectivity index (χ1n) is 9.82. The molecule has 0 aliphatic heterocycles. The van der Waals surface area contributed by atoms with Crippen LogP contribution < -0.4 is 0 Å². The Morgan fingerprint density at radius 3 is 1.10 bits per heavy atom. The summed E-state index contributed by atoms with van der Waals surface area (Å²) in [6.45, 7) is 15.6. The highest BCUT2D eigenvalue weighted by Gasteiger charge is 2.15. The summed E-state index contributed by atoms with van der Waals surface area (Å²) < 4.78 is 0. The molecule has 0 unspecified atom stereocenters. The second kappa shape index (κ2) is 8.60. The maximum atomic E-state index is 10.0. The van der Waals surface area contributed by atoms with Crippen molar-refractivity contribution < 1.29 is 15.3 Å². The molecule has 3 heteroatoms. The van der Waals surface area contributed by atoms with Crippen molar-refractivity contribution >= 4 is 0 Å². The highest BCUT2D eigenvalue weighted by atomic mass is 16.3. The summed E-state index contributed by atoms with van der Waals surface area (Å²) in [7, 11) is 0. The Morgan fingerprint density at radius 1 is 0.448 bits per heavy atom. The number of hydrogen-bond acceptors (Lipinski definition) is 3. The molecule has 0 saturated heterocycles. The predicted molar refractivity (Wildman–Crippen MR) is 121 cm³/mol.